The number of hydrogen-bond acceptors (Lipinski definition) is 1. The van der Waals surface area contributed by atoms with Gasteiger partial charge in [-0.1, -0.05) is 6.92 Å². The van der Waals surface area contributed by atoms with Crippen LogP contribution in [0.1, 0.15) is 22.5 Å². The van der Waals surface area contributed by atoms with Gasteiger partial charge in [-0.3, -0.25) is 4.79 Å². The number of rotatable bonds is 2. The van der Waals surface area contributed by atoms with Gasteiger partial charge in [-0.05, 0) is 6.40 Å². The van der Waals surface area contributed by atoms with Gasteiger partial charge >= 0.3 is 5.97 Å². The lowest BCUT2D eigenvalue weighted by Gasteiger charge is -1.79. The maximum Gasteiger partial charge on any atom is 0.303 e. The van der Waals surface area contributed by atoms with E-state index in [2.05, 4.69) is 0 Å². The van der Waals surface area contributed by atoms with Crippen molar-refractivity contribution in [1.82, 2.24) is 0 Å². The van der Waals surface area contributed by atoms with Crippen LogP contribution >= 0.6 is 0 Å². The van der Waals surface area contributed by atoms with E-state index in [-0.39, 0.29) is 0 Å². The Morgan fingerprint density at radius 2 is 2.67 bits per heavy atom. The van der Waals surface area contributed by atoms with E-state index < -0.39 is 18.8 Å². The molecule has 0 heterocycles. The van der Waals surface area contributed by atoms with Crippen molar-refractivity contribution in [3.05, 3.63) is 0 Å². The molecule has 0 fully saturated rings. The van der Waals surface area contributed by atoms with E-state index in [1.165, 1.54) is 6.92 Å². The lowest BCUT2D eigenvalue weighted by molar-refractivity contribution is -0.137. The molecule has 0 rings (SSSR count). The Labute approximate surface area is 39.6 Å². The molecule has 0 spiro atoms. The molecule has 0 bridgehead atoms. The normalized spacial score (nSPS) is 23.5. The van der Waals surface area contributed by atoms with Gasteiger partial charge in [-0.25, -0.2) is 0 Å². The molecule has 36 valence electrons. The number of aliphatic carboxylic acids is 1. The van der Waals surface area contributed by atoms with Crippen LogP contribution < -0.4 is 0 Å². The predicted octanol–water partition coefficient (Wildman–Crippen LogP) is 0.871. The molecule has 0 aromatic rings. The third kappa shape index (κ3) is 3.47. The maximum atomic E-state index is 9.83. The molecule has 2 heteroatoms. The molecule has 0 aliphatic carbocycles. The van der Waals surface area contributed by atoms with E-state index in [1.54, 1.807) is 0 Å². The molecule has 0 aromatic heterocycles. The zero-order valence-corrected chi connectivity index (χ0v) is 3.51. The quantitative estimate of drug-likeness (QED) is 0.548. The van der Waals surface area contributed by atoms with Crippen LogP contribution in [0.5, 0.6) is 0 Å². The van der Waals surface area contributed by atoms with E-state index in [4.69, 9.17) is 7.85 Å². The molecule has 0 aliphatic heterocycles. The lowest BCUT2D eigenvalue weighted by atomic mass is 10.4. The molecule has 2 atom stereocenters. The van der Waals surface area contributed by atoms with Crippen LogP contribution in [-0.2, 0) is 4.79 Å². The first kappa shape index (κ1) is 2.61. The van der Waals surface area contributed by atoms with Crippen LogP contribution in [0, 0.1) is 0 Å². The van der Waals surface area contributed by atoms with Crippen molar-refractivity contribution in [2.75, 3.05) is 0 Å². The summed E-state index contributed by atoms with van der Waals surface area (Å²) in [7, 11) is 0. The first-order valence-corrected chi connectivity index (χ1v) is 1.63. The Bertz CT molecular complexity index is 92.0. The third-order valence-electron chi connectivity index (χ3n) is 0.309. The van der Waals surface area contributed by atoms with Crippen LogP contribution in [0.2, 0.25) is 0 Å². The van der Waals surface area contributed by atoms with E-state index in [9.17, 15) is 4.79 Å². The summed E-state index contributed by atoms with van der Waals surface area (Å²) >= 11 is 0. The first-order chi connectivity index (χ1) is 3.55. The predicted molar refractivity (Wildman–Crippen MR) is 22.5 cm³/mol. The average molecular weight is 92.1 g/mol. The average Bonchev–Trinajstić information content (AvgIpc) is 1.64. The Balaban J connectivity index is 3.64. The molecule has 1 N–H and O–H groups in total. The van der Waals surface area contributed by atoms with Gasteiger partial charge in [-0.15, -0.1) is 0 Å². The van der Waals surface area contributed by atoms with Gasteiger partial charge in [0.15, 0.2) is 0 Å². The Kier molecular flexibility index (Phi) is 1.17. The summed E-state index contributed by atoms with van der Waals surface area (Å²) in [4.78, 5) is 9.83. The SMILES string of the molecule is [3H]C(C)C([3H])C(=O)O. The number of hydrogen-bond donors (Lipinski definition) is 1. The summed E-state index contributed by atoms with van der Waals surface area (Å²) in [5.74, 6) is -1.23. The Morgan fingerprint density at radius 1 is 2.17 bits per heavy atom. The second kappa shape index (κ2) is 2.69. The molecular weight excluding hydrogens is 80.0 g/mol. The molecule has 0 saturated heterocycles. The summed E-state index contributed by atoms with van der Waals surface area (Å²) in [5, 5.41) is 8.04. The minimum atomic E-state index is -1.30. The highest BCUT2D eigenvalue weighted by atomic mass is 16.4. The molecule has 2 nitrogen and oxygen atoms in total. The summed E-state index contributed by atoms with van der Waals surface area (Å²) in [6, 6.07) is 0. The molecule has 0 aromatic carbocycles. The van der Waals surface area contributed by atoms with Gasteiger partial charge in [-0.2, -0.15) is 0 Å². The van der Waals surface area contributed by atoms with Gasteiger partial charge in [0, 0.05) is 9.14 Å². The molecule has 0 radical (unpaired) electrons. The largest absolute Gasteiger partial charge is 0.481 e. The first-order valence-electron chi connectivity index (χ1n) is 2.78. The molecular formula is C4H8O2. The van der Waals surface area contributed by atoms with Crippen molar-refractivity contribution in [2.24, 2.45) is 0 Å². The van der Waals surface area contributed by atoms with Crippen molar-refractivity contribution in [1.29, 1.82) is 0 Å². The topological polar surface area (TPSA) is 37.3 Å². The van der Waals surface area contributed by atoms with Crippen molar-refractivity contribution in [2.45, 2.75) is 19.7 Å². The van der Waals surface area contributed by atoms with Gasteiger partial charge in [0.25, 0.3) is 0 Å². The fourth-order valence-electron chi connectivity index (χ4n) is 0.143. The van der Waals surface area contributed by atoms with Crippen molar-refractivity contribution < 1.29 is 12.6 Å². The van der Waals surface area contributed by atoms with Crippen molar-refractivity contribution in [3.8, 4) is 0 Å². The Hall–Kier alpha value is -0.530. The summed E-state index contributed by atoms with van der Waals surface area (Å²) < 4.78 is 13.4. The van der Waals surface area contributed by atoms with Gasteiger partial charge in [0.1, 0.15) is 0 Å². The van der Waals surface area contributed by atoms with Gasteiger partial charge in [0.05, 0.1) is 0 Å². The summed E-state index contributed by atoms with van der Waals surface area (Å²) in [6.07, 6.45) is -2.14. The van der Waals surface area contributed by atoms with Crippen LogP contribution in [0.4, 0.5) is 0 Å². The van der Waals surface area contributed by atoms with E-state index in [0.29, 0.717) is 0 Å². The second-order valence-corrected chi connectivity index (χ2v) is 0.838. The number of carboxylic acid groups (broad SMARTS) is 1. The zero-order valence-electron chi connectivity index (χ0n) is 5.51. The molecule has 0 amide bonds. The highest BCUT2D eigenvalue weighted by Crippen LogP contribution is 1.82. The lowest BCUT2D eigenvalue weighted by Crippen LogP contribution is -1.90. The second-order valence-electron chi connectivity index (χ2n) is 0.838. The standard InChI is InChI=1S/C4H8O2/c1-2-3-4(5)6/h2-3H2,1H3,(H,5,6)/i2T,3T. The molecule has 2 unspecified atom stereocenters. The van der Waals surface area contributed by atoms with E-state index >= 15 is 0 Å². The fraction of sp³-hybridized carbons (Fsp3) is 0.750. The maximum absolute atomic E-state index is 9.83. The zero-order chi connectivity index (χ0) is 6.73. The van der Waals surface area contributed by atoms with E-state index in [0.717, 1.165) is 0 Å². The summed E-state index contributed by atoms with van der Waals surface area (Å²) in [5.41, 5.74) is 0. The van der Waals surface area contributed by atoms with Crippen LogP contribution in [-0.4, -0.2) is 11.1 Å². The van der Waals surface area contributed by atoms with E-state index in [1.807, 2.05) is 0 Å². The number of carboxylic acids is 1. The fourth-order valence-corrected chi connectivity index (χ4v) is 0.143. The van der Waals surface area contributed by atoms with Crippen molar-refractivity contribution in [3.63, 3.8) is 0 Å². The van der Waals surface area contributed by atoms with Gasteiger partial charge in [0.2, 0.25) is 0 Å². The smallest absolute Gasteiger partial charge is 0.303 e. The highest BCUT2D eigenvalue weighted by molar-refractivity contribution is 5.66. The minimum absolute atomic E-state index is 0.840. The van der Waals surface area contributed by atoms with Crippen LogP contribution in [0.25, 0.3) is 0 Å². The molecule has 0 saturated carbocycles. The third-order valence-corrected chi connectivity index (χ3v) is 0.309. The highest BCUT2D eigenvalue weighted by Gasteiger charge is 1.87. The molecule has 0 aliphatic rings. The minimum Gasteiger partial charge on any atom is -0.481 e. The van der Waals surface area contributed by atoms with Crippen molar-refractivity contribution >= 4 is 5.97 Å². The van der Waals surface area contributed by atoms with Gasteiger partial charge < -0.3 is 5.11 Å². The van der Waals surface area contributed by atoms with Crippen LogP contribution in [0.3, 0.4) is 0 Å². The monoisotopic (exact) mass is 92.1 g/mol. The Morgan fingerprint density at radius 3 is 2.67 bits per heavy atom. The number of carbonyl (C=O) groups is 1. The molecule has 6 heavy (non-hydrogen) atoms. The van der Waals surface area contributed by atoms with Crippen LogP contribution in [0.15, 0.2) is 0 Å². The summed E-state index contributed by atoms with van der Waals surface area (Å²) in [6.45, 7) is 1.38.